The minimum atomic E-state index is 0.0553. The first-order chi connectivity index (χ1) is 10.3. The van der Waals surface area contributed by atoms with E-state index in [4.69, 9.17) is 4.42 Å². The molecule has 0 unspecified atom stereocenters. The van der Waals surface area contributed by atoms with Gasteiger partial charge < -0.3 is 19.2 Å². The fourth-order valence-electron chi connectivity index (χ4n) is 2.90. The van der Waals surface area contributed by atoms with Gasteiger partial charge in [0.15, 0.2) is 0 Å². The molecule has 0 bridgehead atoms. The van der Waals surface area contributed by atoms with Crippen molar-refractivity contribution >= 4 is 5.91 Å². The lowest BCUT2D eigenvalue weighted by Crippen LogP contribution is -2.33. The molecule has 3 heterocycles. The van der Waals surface area contributed by atoms with Crippen LogP contribution in [-0.4, -0.2) is 35.5 Å². The molecule has 1 N–H and O–H groups in total. The number of carbonyl (C=O) groups excluding carboxylic acids is 1. The van der Waals surface area contributed by atoms with Crippen LogP contribution in [0.4, 0.5) is 0 Å². The van der Waals surface area contributed by atoms with Crippen LogP contribution in [0.15, 0.2) is 41.3 Å². The molecule has 0 radical (unpaired) electrons. The molecule has 0 atom stereocenters. The molecule has 0 aromatic carbocycles. The highest BCUT2D eigenvalue weighted by Gasteiger charge is 2.22. The third kappa shape index (κ3) is 3.03. The Kier molecular flexibility index (Phi) is 4.10. The Bertz CT molecular complexity index is 582. The molecule has 21 heavy (non-hydrogen) atoms. The lowest BCUT2D eigenvalue weighted by Gasteiger charge is -2.27. The predicted molar refractivity (Wildman–Crippen MR) is 80.1 cm³/mol. The Morgan fingerprint density at radius 2 is 2.24 bits per heavy atom. The van der Waals surface area contributed by atoms with Crippen LogP contribution < -0.4 is 5.32 Å². The van der Waals surface area contributed by atoms with E-state index >= 15 is 0 Å². The van der Waals surface area contributed by atoms with Gasteiger partial charge >= 0.3 is 0 Å². The summed E-state index contributed by atoms with van der Waals surface area (Å²) >= 11 is 0. The molecule has 5 heteroatoms. The highest BCUT2D eigenvalue weighted by atomic mass is 16.3. The number of carbonyl (C=O) groups is 1. The number of rotatable bonds is 4. The summed E-state index contributed by atoms with van der Waals surface area (Å²) in [5.41, 5.74) is 1.78. The van der Waals surface area contributed by atoms with E-state index in [1.54, 1.807) is 17.4 Å². The van der Waals surface area contributed by atoms with Crippen LogP contribution in [0.25, 0.3) is 0 Å². The lowest BCUT2D eigenvalue weighted by atomic mass is 10.1. The van der Waals surface area contributed by atoms with Crippen LogP contribution in [0.2, 0.25) is 0 Å². The third-order valence-electron chi connectivity index (χ3n) is 4.05. The van der Waals surface area contributed by atoms with Crippen molar-refractivity contribution in [2.45, 2.75) is 25.4 Å². The zero-order valence-electron chi connectivity index (χ0n) is 12.3. The van der Waals surface area contributed by atoms with E-state index in [2.05, 4.69) is 9.88 Å². The highest BCUT2D eigenvalue weighted by molar-refractivity contribution is 5.92. The quantitative estimate of drug-likeness (QED) is 0.938. The summed E-state index contributed by atoms with van der Waals surface area (Å²) in [6.45, 7) is 2.59. The van der Waals surface area contributed by atoms with Crippen LogP contribution in [0, 0.1) is 0 Å². The monoisotopic (exact) mass is 287 g/mol. The van der Waals surface area contributed by atoms with Crippen molar-refractivity contribution in [3.05, 3.63) is 48.2 Å². The Morgan fingerprint density at radius 1 is 1.43 bits per heavy atom. The fourth-order valence-corrected chi connectivity index (χ4v) is 2.90. The summed E-state index contributed by atoms with van der Waals surface area (Å²) in [5, 5.41) is 3.36. The first-order valence-corrected chi connectivity index (χ1v) is 7.40. The van der Waals surface area contributed by atoms with Gasteiger partial charge in [-0.1, -0.05) is 0 Å². The van der Waals surface area contributed by atoms with Crippen molar-refractivity contribution in [3.8, 4) is 0 Å². The van der Waals surface area contributed by atoms with Crippen molar-refractivity contribution in [3.63, 3.8) is 0 Å². The van der Waals surface area contributed by atoms with E-state index in [1.807, 2.05) is 31.4 Å². The zero-order chi connectivity index (χ0) is 14.7. The van der Waals surface area contributed by atoms with Gasteiger partial charge in [0.25, 0.3) is 5.91 Å². The van der Waals surface area contributed by atoms with Crippen LogP contribution in [-0.2, 0) is 6.54 Å². The van der Waals surface area contributed by atoms with E-state index in [0.29, 0.717) is 12.6 Å². The van der Waals surface area contributed by atoms with Gasteiger partial charge in [-0.25, -0.2) is 0 Å². The normalized spacial score (nSPS) is 16.0. The molecule has 5 nitrogen and oxygen atoms in total. The van der Waals surface area contributed by atoms with Crippen molar-refractivity contribution in [1.29, 1.82) is 0 Å². The van der Waals surface area contributed by atoms with Crippen LogP contribution in [0.5, 0.6) is 0 Å². The molecule has 1 amide bonds. The van der Waals surface area contributed by atoms with Crippen molar-refractivity contribution < 1.29 is 9.21 Å². The number of furan rings is 1. The SMILES string of the molecule is CN(Cc1ccoc1)C(=O)c1cccn1C1CCNCC1. The first kappa shape index (κ1) is 13.9. The molecular weight excluding hydrogens is 266 g/mol. The topological polar surface area (TPSA) is 50.4 Å². The van der Waals surface area contributed by atoms with Crippen molar-refractivity contribution in [2.75, 3.05) is 20.1 Å². The summed E-state index contributed by atoms with van der Waals surface area (Å²) in [7, 11) is 1.83. The van der Waals surface area contributed by atoms with Crippen LogP contribution in [0.3, 0.4) is 0 Å². The van der Waals surface area contributed by atoms with E-state index in [9.17, 15) is 4.79 Å². The molecule has 1 aliphatic heterocycles. The summed E-state index contributed by atoms with van der Waals surface area (Å²) in [5.74, 6) is 0.0553. The molecule has 3 rings (SSSR count). The molecule has 1 saturated heterocycles. The molecule has 112 valence electrons. The summed E-state index contributed by atoms with van der Waals surface area (Å²) in [6, 6.07) is 6.18. The lowest BCUT2D eigenvalue weighted by molar-refractivity contribution is 0.0770. The minimum absolute atomic E-state index is 0.0553. The van der Waals surface area contributed by atoms with Gasteiger partial charge in [0.2, 0.25) is 0 Å². The Hall–Kier alpha value is -2.01. The summed E-state index contributed by atoms with van der Waals surface area (Å²) in [4.78, 5) is 14.4. The average Bonchev–Trinajstić information content (AvgIpc) is 3.18. The van der Waals surface area contributed by atoms with Gasteiger partial charge in [0.05, 0.1) is 12.5 Å². The Morgan fingerprint density at radius 3 is 2.95 bits per heavy atom. The molecule has 0 saturated carbocycles. The Labute approximate surface area is 124 Å². The van der Waals surface area contributed by atoms with Crippen LogP contribution in [0.1, 0.15) is 34.9 Å². The van der Waals surface area contributed by atoms with Crippen LogP contribution >= 0.6 is 0 Å². The van der Waals surface area contributed by atoms with Crippen molar-refractivity contribution in [1.82, 2.24) is 14.8 Å². The number of nitrogens with zero attached hydrogens (tertiary/aromatic N) is 2. The van der Waals surface area contributed by atoms with Gasteiger partial charge in [-0.3, -0.25) is 4.79 Å². The average molecular weight is 287 g/mol. The molecule has 2 aromatic rings. The predicted octanol–water partition coefficient (Wildman–Crippen LogP) is 2.28. The maximum Gasteiger partial charge on any atom is 0.270 e. The minimum Gasteiger partial charge on any atom is -0.472 e. The third-order valence-corrected chi connectivity index (χ3v) is 4.05. The molecule has 1 aliphatic rings. The molecule has 0 aliphatic carbocycles. The highest BCUT2D eigenvalue weighted by Crippen LogP contribution is 2.22. The number of aromatic nitrogens is 1. The standard InChI is InChI=1S/C16H21N3O2/c1-18(11-13-6-10-21-12-13)16(20)15-3-2-9-19(15)14-4-7-17-8-5-14/h2-3,6,9-10,12,14,17H,4-5,7-8,11H2,1H3. The number of nitrogens with one attached hydrogen (secondary N) is 1. The van der Waals surface area contributed by atoms with Gasteiger partial charge in [0, 0.05) is 31.4 Å². The molecule has 2 aromatic heterocycles. The van der Waals surface area contributed by atoms with E-state index in [-0.39, 0.29) is 5.91 Å². The van der Waals surface area contributed by atoms with Gasteiger partial charge in [-0.05, 0) is 44.1 Å². The number of hydrogen-bond donors (Lipinski definition) is 1. The second kappa shape index (κ2) is 6.18. The summed E-state index contributed by atoms with van der Waals surface area (Å²) in [6.07, 6.45) is 7.47. The second-order valence-corrected chi connectivity index (χ2v) is 5.57. The van der Waals surface area contributed by atoms with Crippen molar-refractivity contribution in [2.24, 2.45) is 0 Å². The maximum absolute atomic E-state index is 12.7. The number of hydrogen-bond acceptors (Lipinski definition) is 3. The molecule has 1 fully saturated rings. The van der Waals surface area contributed by atoms with Gasteiger partial charge in [-0.2, -0.15) is 0 Å². The largest absolute Gasteiger partial charge is 0.472 e. The number of piperidine rings is 1. The first-order valence-electron chi connectivity index (χ1n) is 7.40. The van der Waals surface area contributed by atoms with E-state index in [1.165, 1.54) is 0 Å². The Balaban J connectivity index is 1.73. The smallest absolute Gasteiger partial charge is 0.270 e. The molecular formula is C16H21N3O2. The summed E-state index contributed by atoms with van der Waals surface area (Å²) < 4.78 is 7.19. The fraction of sp³-hybridized carbons (Fsp3) is 0.438. The van der Waals surface area contributed by atoms with Gasteiger partial charge in [0.1, 0.15) is 5.69 Å². The zero-order valence-corrected chi connectivity index (χ0v) is 12.3. The molecule has 0 spiro atoms. The maximum atomic E-state index is 12.7. The van der Waals surface area contributed by atoms with E-state index < -0.39 is 0 Å². The van der Waals surface area contributed by atoms with E-state index in [0.717, 1.165) is 37.2 Å². The second-order valence-electron chi connectivity index (χ2n) is 5.57. The van der Waals surface area contributed by atoms with Gasteiger partial charge in [-0.15, -0.1) is 0 Å². The number of amides is 1.